The molecule has 0 unspecified atom stereocenters. The van der Waals surface area contributed by atoms with E-state index >= 15 is 0 Å². The molecule has 53 heavy (non-hydrogen) atoms. The highest BCUT2D eigenvalue weighted by Gasteiger charge is 2.26. The minimum atomic E-state index is 0.653. The van der Waals surface area contributed by atoms with Gasteiger partial charge in [-0.25, -0.2) is 4.98 Å². The Hall–Kier alpha value is -7.24. The van der Waals surface area contributed by atoms with E-state index in [9.17, 15) is 0 Å². The molecule has 0 bridgehead atoms. The molecule has 5 nitrogen and oxygen atoms in total. The van der Waals surface area contributed by atoms with Gasteiger partial charge in [0.15, 0.2) is 5.82 Å². The van der Waals surface area contributed by atoms with Crippen LogP contribution < -0.4 is 0 Å². The molecule has 0 spiro atoms. The normalized spacial score (nSPS) is 12.5. The zero-order valence-electron chi connectivity index (χ0n) is 28.3. The minimum Gasteiger partial charge on any atom is -0.308 e. The second kappa shape index (κ2) is 9.75. The van der Waals surface area contributed by atoms with Gasteiger partial charge in [0.05, 0.1) is 44.1 Å². The molecule has 13 aromatic rings. The topological polar surface area (TPSA) is 40.0 Å². The second-order valence-electron chi connectivity index (χ2n) is 14.2. The van der Waals surface area contributed by atoms with Crippen molar-refractivity contribution in [1.29, 1.82) is 0 Å². The lowest BCUT2D eigenvalue weighted by atomic mass is 10.0. The number of nitrogens with zero attached hydrogens (tertiary/aromatic N) is 5. The lowest BCUT2D eigenvalue weighted by Gasteiger charge is -2.14. The Morgan fingerprint density at radius 3 is 1.55 bits per heavy atom. The van der Waals surface area contributed by atoms with Crippen molar-refractivity contribution in [2.45, 2.75) is 0 Å². The fourth-order valence-corrected chi connectivity index (χ4v) is 9.37. The molecular formula is C48H27N5. The van der Waals surface area contributed by atoms with Gasteiger partial charge in [0.1, 0.15) is 0 Å². The third-order valence-electron chi connectivity index (χ3n) is 11.5. The van der Waals surface area contributed by atoms with Gasteiger partial charge in [-0.2, -0.15) is 4.98 Å². The van der Waals surface area contributed by atoms with Crippen LogP contribution in [-0.4, -0.2) is 23.5 Å². The molecule has 0 saturated heterocycles. The Labute approximate surface area is 301 Å². The fraction of sp³-hybridized carbons (Fsp3) is 0. The minimum absolute atomic E-state index is 0.653. The molecule has 0 aliphatic heterocycles. The third kappa shape index (κ3) is 3.42. The average molecular weight is 674 g/mol. The molecule has 5 aromatic heterocycles. The Morgan fingerprint density at radius 2 is 0.849 bits per heavy atom. The zero-order chi connectivity index (χ0) is 34.4. The molecule has 5 heterocycles. The van der Waals surface area contributed by atoms with Gasteiger partial charge in [-0.3, -0.25) is 9.13 Å². The van der Waals surface area contributed by atoms with Crippen molar-refractivity contribution in [3.63, 3.8) is 0 Å². The first-order valence-corrected chi connectivity index (χ1v) is 18.1. The van der Waals surface area contributed by atoms with E-state index in [4.69, 9.17) is 9.97 Å². The van der Waals surface area contributed by atoms with Crippen molar-refractivity contribution >= 4 is 103 Å². The predicted molar refractivity (Wildman–Crippen MR) is 220 cm³/mol. The van der Waals surface area contributed by atoms with Crippen LogP contribution in [0, 0.1) is 0 Å². The van der Waals surface area contributed by atoms with Crippen molar-refractivity contribution < 1.29 is 0 Å². The molecule has 0 fully saturated rings. The van der Waals surface area contributed by atoms with Crippen LogP contribution in [0.5, 0.6) is 0 Å². The first kappa shape index (κ1) is 27.5. The maximum atomic E-state index is 5.62. The van der Waals surface area contributed by atoms with Gasteiger partial charge in [-0.15, -0.1) is 0 Å². The molecule has 13 rings (SSSR count). The number of aromatic nitrogens is 5. The Bertz CT molecular complexity index is 3640. The lowest BCUT2D eigenvalue weighted by Crippen LogP contribution is -2.07. The van der Waals surface area contributed by atoms with Crippen molar-refractivity contribution in [1.82, 2.24) is 23.5 Å². The summed E-state index contributed by atoms with van der Waals surface area (Å²) in [7, 11) is 0. The molecule has 8 aromatic carbocycles. The number of para-hydroxylation sites is 5. The summed E-state index contributed by atoms with van der Waals surface area (Å²) >= 11 is 0. The molecule has 0 N–H and O–H groups in total. The van der Waals surface area contributed by atoms with Gasteiger partial charge in [-0.1, -0.05) is 109 Å². The largest absolute Gasteiger partial charge is 0.308 e. The molecular weight excluding hydrogens is 647 g/mol. The van der Waals surface area contributed by atoms with Crippen molar-refractivity contribution in [2.24, 2.45) is 0 Å². The molecule has 5 heteroatoms. The van der Waals surface area contributed by atoms with Crippen LogP contribution in [0.15, 0.2) is 164 Å². The van der Waals surface area contributed by atoms with E-state index in [2.05, 4.69) is 177 Å². The smallest absolute Gasteiger partial charge is 0.237 e. The first-order chi connectivity index (χ1) is 26.3. The number of fused-ring (bicyclic) bond motifs is 15. The van der Waals surface area contributed by atoms with Gasteiger partial charge < -0.3 is 4.40 Å². The van der Waals surface area contributed by atoms with Gasteiger partial charge in [-0.05, 0) is 65.4 Å². The van der Waals surface area contributed by atoms with E-state index in [1.807, 2.05) is 0 Å². The monoisotopic (exact) mass is 673 g/mol. The summed E-state index contributed by atoms with van der Waals surface area (Å²) in [6.45, 7) is 0. The second-order valence-corrected chi connectivity index (χ2v) is 14.2. The van der Waals surface area contributed by atoms with Gasteiger partial charge in [0.2, 0.25) is 5.95 Å². The van der Waals surface area contributed by atoms with Gasteiger partial charge in [0.25, 0.3) is 0 Å². The molecule has 0 aliphatic rings. The van der Waals surface area contributed by atoms with Crippen LogP contribution in [0.2, 0.25) is 0 Å². The molecule has 0 radical (unpaired) electrons. The van der Waals surface area contributed by atoms with Crippen LogP contribution in [0.3, 0.4) is 0 Å². The quantitative estimate of drug-likeness (QED) is 0.183. The maximum absolute atomic E-state index is 5.62. The summed E-state index contributed by atoms with van der Waals surface area (Å²) in [6.07, 6.45) is 0. The highest BCUT2D eigenvalue weighted by molar-refractivity contribution is 6.35. The van der Waals surface area contributed by atoms with E-state index in [0.29, 0.717) is 5.95 Å². The number of benzene rings is 8. The fourth-order valence-electron chi connectivity index (χ4n) is 9.37. The summed E-state index contributed by atoms with van der Waals surface area (Å²) in [5, 5.41) is 13.3. The molecule has 0 amide bonds. The Morgan fingerprint density at radius 1 is 0.340 bits per heavy atom. The predicted octanol–water partition coefficient (Wildman–Crippen LogP) is 12.1. The van der Waals surface area contributed by atoms with E-state index in [-0.39, 0.29) is 0 Å². The molecule has 0 atom stereocenters. The molecule has 0 saturated carbocycles. The summed E-state index contributed by atoms with van der Waals surface area (Å²) in [6, 6.07) is 59.1. The first-order valence-electron chi connectivity index (χ1n) is 18.1. The number of hydrogen-bond donors (Lipinski definition) is 0. The highest BCUT2D eigenvalue weighted by atomic mass is 15.2. The van der Waals surface area contributed by atoms with E-state index in [0.717, 1.165) is 38.8 Å². The SMILES string of the molecule is c1ccc2cc3c(cc2c1)c1c2c(cc4c5ccccc5n3c41)c1ccccc1n2-c1nc(-n2c3ccccc3c3ccccc32)nc2ccccc12. The third-order valence-corrected chi connectivity index (χ3v) is 11.5. The van der Waals surface area contributed by atoms with Crippen LogP contribution >= 0.6 is 0 Å². The lowest BCUT2D eigenvalue weighted by molar-refractivity contribution is 0.973. The summed E-state index contributed by atoms with van der Waals surface area (Å²) < 4.78 is 7.14. The van der Waals surface area contributed by atoms with Gasteiger partial charge in [0, 0.05) is 48.5 Å². The Balaban J connectivity index is 1.27. The van der Waals surface area contributed by atoms with Crippen molar-refractivity contribution in [3.8, 4) is 11.8 Å². The summed E-state index contributed by atoms with van der Waals surface area (Å²) in [4.78, 5) is 10.9. The standard InChI is InChI=1S/C48H27N5/c1-2-14-29-26-43-37(25-28(29)13-1)44-45-35(32-17-6-9-21-39(32)51(43)45)27-36-33-18-7-12-24-42(33)53(46(36)44)47-34-19-3-8-20-38(34)49-48(50-47)52-40-22-10-4-15-30(40)31-16-5-11-23-41(31)52/h1-27H. The number of hydrogen-bond acceptors (Lipinski definition) is 2. The molecule has 244 valence electrons. The highest BCUT2D eigenvalue weighted by Crippen LogP contribution is 2.47. The number of rotatable bonds is 2. The average Bonchev–Trinajstić information content (AvgIpc) is 3.93. The summed E-state index contributed by atoms with van der Waals surface area (Å²) in [5.41, 5.74) is 9.04. The van der Waals surface area contributed by atoms with Gasteiger partial charge >= 0.3 is 0 Å². The van der Waals surface area contributed by atoms with Crippen LogP contribution in [0.25, 0.3) is 115 Å². The van der Waals surface area contributed by atoms with Crippen LogP contribution in [0.1, 0.15) is 0 Å². The van der Waals surface area contributed by atoms with E-state index in [1.165, 1.54) is 70.4 Å². The maximum Gasteiger partial charge on any atom is 0.237 e. The van der Waals surface area contributed by atoms with E-state index < -0.39 is 0 Å². The zero-order valence-corrected chi connectivity index (χ0v) is 28.3. The van der Waals surface area contributed by atoms with Crippen LogP contribution in [0.4, 0.5) is 0 Å². The molecule has 0 aliphatic carbocycles. The van der Waals surface area contributed by atoms with Crippen LogP contribution in [-0.2, 0) is 0 Å². The van der Waals surface area contributed by atoms with E-state index in [1.54, 1.807) is 0 Å². The summed E-state index contributed by atoms with van der Waals surface area (Å²) in [5.74, 6) is 1.52. The Kier molecular flexibility index (Phi) is 5.06. The van der Waals surface area contributed by atoms with Crippen molar-refractivity contribution in [3.05, 3.63) is 164 Å². The van der Waals surface area contributed by atoms with Crippen molar-refractivity contribution in [2.75, 3.05) is 0 Å².